The monoisotopic (exact) mass is 300 g/mol. The second-order valence-electron chi connectivity index (χ2n) is 6.53. The molecule has 0 radical (unpaired) electrons. The Balaban J connectivity index is 4.88. The minimum absolute atomic E-state index is 0.0993. The van der Waals surface area contributed by atoms with Crippen molar-refractivity contribution in [2.75, 3.05) is 6.61 Å². The highest BCUT2D eigenvalue weighted by Gasteiger charge is 2.36. The minimum atomic E-state index is -1.61. The van der Waals surface area contributed by atoms with Crippen LogP contribution < -0.4 is 0 Å². The number of hydrogen-bond acceptors (Lipinski definition) is 2. The Hall–Kier alpha value is -0.123. The average molecular weight is 301 g/mol. The van der Waals surface area contributed by atoms with E-state index in [9.17, 15) is 0 Å². The summed E-state index contributed by atoms with van der Waals surface area (Å²) in [6.45, 7) is 13.6. The van der Waals surface area contributed by atoms with Gasteiger partial charge in [-0.2, -0.15) is 0 Å². The predicted molar refractivity (Wildman–Crippen MR) is 91.6 cm³/mol. The molecule has 0 aliphatic rings. The summed E-state index contributed by atoms with van der Waals surface area (Å²) in [4.78, 5) is 0. The average Bonchev–Trinajstić information content (AvgIpc) is 2.42. The third-order valence-corrected chi connectivity index (χ3v) is 9.18. The Morgan fingerprint density at radius 2 is 1.70 bits per heavy atom. The molecule has 20 heavy (non-hydrogen) atoms. The molecule has 1 atom stereocenters. The summed E-state index contributed by atoms with van der Waals surface area (Å²) in [5.41, 5.74) is -0.203. The van der Waals surface area contributed by atoms with Gasteiger partial charge < -0.3 is 9.53 Å². The molecule has 0 rings (SSSR count). The molecule has 0 bridgehead atoms. The number of aliphatic hydroxyl groups is 1. The van der Waals surface area contributed by atoms with Crippen LogP contribution in [0.1, 0.15) is 60.8 Å². The van der Waals surface area contributed by atoms with Crippen LogP contribution in [0.15, 0.2) is 12.2 Å². The van der Waals surface area contributed by atoms with Gasteiger partial charge in [0.2, 0.25) is 0 Å². The molecule has 0 amide bonds. The van der Waals surface area contributed by atoms with Crippen LogP contribution in [0, 0.1) is 5.92 Å². The first-order valence-corrected chi connectivity index (χ1v) is 10.9. The van der Waals surface area contributed by atoms with E-state index < -0.39 is 8.32 Å². The van der Waals surface area contributed by atoms with Gasteiger partial charge in [-0.05, 0) is 37.4 Å². The Labute approximate surface area is 127 Å². The second kappa shape index (κ2) is 9.75. The largest absolute Gasteiger partial charge is 0.408 e. The maximum Gasteiger partial charge on any atom is 0.193 e. The lowest BCUT2D eigenvalue weighted by molar-refractivity contribution is 0.111. The van der Waals surface area contributed by atoms with Crippen molar-refractivity contribution in [2.24, 2.45) is 5.92 Å². The summed E-state index contributed by atoms with van der Waals surface area (Å²) >= 11 is 0. The summed E-state index contributed by atoms with van der Waals surface area (Å²) in [6.07, 6.45) is 7.42. The smallest absolute Gasteiger partial charge is 0.193 e. The number of aliphatic hydroxyl groups excluding tert-OH is 1. The Kier molecular flexibility index (Phi) is 9.69. The van der Waals surface area contributed by atoms with Gasteiger partial charge >= 0.3 is 0 Å². The number of rotatable bonds is 11. The van der Waals surface area contributed by atoms with Crippen LogP contribution in [0.25, 0.3) is 0 Å². The maximum absolute atomic E-state index is 9.08. The third kappa shape index (κ3) is 7.05. The van der Waals surface area contributed by atoms with E-state index in [0.29, 0.717) is 0 Å². The molecular formula is C17H36O2Si. The molecule has 0 aromatic rings. The molecule has 0 aliphatic heterocycles. The van der Waals surface area contributed by atoms with Crippen molar-refractivity contribution in [3.8, 4) is 0 Å². The lowest BCUT2D eigenvalue weighted by Gasteiger charge is -2.39. The minimum Gasteiger partial charge on any atom is -0.408 e. The molecular weight excluding hydrogens is 264 g/mol. The lowest BCUT2D eigenvalue weighted by Crippen LogP contribution is -2.45. The van der Waals surface area contributed by atoms with Gasteiger partial charge in [-0.1, -0.05) is 59.6 Å². The molecule has 0 spiro atoms. The summed E-state index contributed by atoms with van der Waals surface area (Å²) in [5, 5.41) is 9.08. The summed E-state index contributed by atoms with van der Waals surface area (Å²) in [6, 6.07) is 3.52. The van der Waals surface area contributed by atoms with E-state index in [-0.39, 0.29) is 12.2 Å². The van der Waals surface area contributed by atoms with Gasteiger partial charge in [0.1, 0.15) is 0 Å². The van der Waals surface area contributed by atoms with E-state index in [1.807, 2.05) is 6.08 Å². The summed E-state index contributed by atoms with van der Waals surface area (Å²) in [5.74, 6) is 0.742. The zero-order chi connectivity index (χ0) is 15.6. The molecule has 0 unspecified atom stereocenters. The molecule has 120 valence electrons. The highest BCUT2D eigenvalue weighted by atomic mass is 28.4. The summed E-state index contributed by atoms with van der Waals surface area (Å²) < 4.78 is 6.70. The van der Waals surface area contributed by atoms with Gasteiger partial charge in [-0.3, -0.25) is 0 Å². The van der Waals surface area contributed by atoms with Gasteiger partial charge in [-0.25, -0.2) is 0 Å². The van der Waals surface area contributed by atoms with Crippen molar-refractivity contribution in [2.45, 2.75) is 84.5 Å². The SMILES string of the molecule is CC[Si](CC)(CC)O[C@](C)(/C=C/CO)CCCC(C)C. The van der Waals surface area contributed by atoms with Gasteiger partial charge in [0.15, 0.2) is 8.32 Å². The van der Waals surface area contributed by atoms with E-state index >= 15 is 0 Å². The fourth-order valence-electron chi connectivity index (χ4n) is 2.79. The molecule has 0 fully saturated rings. The van der Waals surface area contributed by atoms with Crippen molar-refractivity contribution in [1.29, 1.82) is 0 Å². The van der Waals surface area contributed by atoms with Gasteiger partial charge in [-0.15, -0.1) is 0 Å². The van der Waals surface area contributed by atoms with Crippen LogP contribution in [0.2, 0.25) is 18.1 Å². The first kappa shape index (κ1) is 19.9. The summed E-state index contributed by atoms with van der Waals surface area (Å²) in [7, 11) is -1.61. The van der Waals surface area contributed by atoms with E-state index in [2.05, 4.69) is 47.6 Å². The predicted octanol–water partition coefficient (Wildman–Crippen LogP) is 5.14. The highest BCUT2D eigenvalue weighted by molar-refractivity contribution is 6.73. The van der Waals surface area contributed by atoms with Crippen molar-refractivity contribution in [3.05, 3.63) is 12.2 Å². The quantitative estimate of drug-likeness (QED) is 0.423. The van der Waals surface area contributed by atoms with Gasteiger partial charge in [0, 0.05) is 0 Å². The molecule has 2 nitrogen and oxygen atoms in total. The Morgan fingerprint density at radius 1 is 1.15 bits per heavy atom. The molecule has 3 heteroatoms. The normalized spacial score (nSPS) is 16.0. The first-order chi connectivity index (χ1) is 9.37. The topological polar surface area (TPSA) is 29.5 Å². The van der Waals surface area contributed by atoms with Crippen LogP contribution in [-0.2, 0) is 4.43 Å². The van der Waals surface area contributed by atoms with E-state index in [1.165, 1.54) is 31.0 Å². The first-order valence-electron chi connectivity index (χ1n) is 8.35. The van der Waals surface area contributed by atoms with Crippen molar-refractivity contribution in [3.63, 3.8) is 0 Å². The van der Waals surface area contributed by atoms with Gasteiger partial charge in [0.25, 0.3) is 0 Å². The number of hydrogen-bond donors (Lipinski definition) is 1. The molecule has 0 aromatic heterocycles. The molecule has 0 saturated carbocycles. The highest BCUT2D eigenvalue weighted by Crippen LogP contribution is 2.32. The van der Waals surface area contributed by atoms with Crippen LogP contribution >= 0.6 is 0 Å². The van der Waals surface area contributed by atoms with E-state index in [4.69, 9.17) is 9.53 Å². The van der Waals surface area contributed by atoms with Crippen LogP contribution in [-0.4, -0.2) is 25.6 Å². The molecule has 1 N–H and O–H groups in total. The van der Waals surface area contributed by atoms with Crippen LogP contribution in [0.4, 0.5) is 0 Å². The zero-order valence-corrected chi connectivity index (χ0v) is 15.5. The zero-order valence-electron chi connectivity index (χ0n) is 14.5. The maximum atomic E-state index is 9.08. The second-order valence-corrected chi connectivity index (χ2v) is 11.2. The Bertz CT molecular complexity index is 264. The van der Waals surface area contributed by atoms with Crippen LogP contribution in [0.3, 0.4) is 0 Å². The van der Waals surface area contributed by atoms with Gasteiger partial charge in [0.05, 0.1) is 12.2 Å². The van der Waals surface area contributed by atoms with Crippen LogP contribution in [0.5, 0.6) is 0 Å². The standard InChI is InChI=1S/C17H36O2Si/c1-7-20(8-2,9-3)19-17(6,14-11-15-18)13-10-12-16(4)5/h11,14,16,18H,7-10,12-13,15H2,1-6H3/b14-11+/t17-/m0/s1. The molecule has 0 aliphatic carbocycles. The third-order valence-electron chi connectivity index (χ3n) is 4.41. The fourth-order valence-corrected chi connectivity index (χ4v) is 5.89. The van der Waals surface area contributed by atoms with Crippen molar-refractivity contribution < 1.29 is 9.53 Å². The molecule has 0 saturated heterocycles. The van der Waals surface area contributed by atoms with Crippen molar-refractivity contribution in [1.82, 2.24) is 0 Å². The lowest BCUT2D eigenvalue weighted by atomic mass is 9.95. The van der Waals surface area contributed by atoms with E-state index in [1.54, 1.807) is 0 Å². The van der Waals surface area contributed by atoms with Crippen molar-refractivity contribution >= 4 is 8.32 Å². The Morgan fingerprint density at radius 3 is 2.10 bits per heavy atom. The molecule has 0 heterocycles. The fraction of sp³-hybridized carbons (Fsp3) is 0.882. The van der Waals surface area contributed by atoms with E-state index in [0.717, 1.165) is 12.3 Å². The molecule has 0 aromatic carbocycles.